The first kappa shape index (κ1) is 19.0. The Bertz CT molecular complexity index is 1050. The van der Waals surface area contributed by atoms with E-state index in [0.717, 1.165) is 10.5 Å². The monoisotopic (exact) mass is 401 g/mol. The molecule has 0 saturated heterocycles. The second-order valence-electron chi connectivity index (χ2n) is 5.69. The van der Waals surface area contributed by atoms with Gasteiger partial charge in [-0.2, -0.15) is 0 Å². The molecule has 27 heavy (non-hydrogen) atoms. The Balaban J connectivity index is 1.75. The summed E-state index contributed by atoms with van der Waals surface area (Å²) >= 11 is 7.17. The lowest BCUT2D eigenvalue weighted by Crippen LogP contribution is -2.33. The van der Waals surface area contributed by atoms with E-state index in [9.17, 15) is 14.4 Å². The lowest BCUT2D eigenvalue weighted by molar-refractivity contribution is -0.113. The lowest BCUT2D eigenvalue weighted by atomic mass is 10.2. The van der Waals surface area contributed by atoms with Crippen molar-refractivity contribution >= 4 is 35.1 Å². The first-order valence-electron chi connectivity index (χ1n) is 8.07. The Labute approximate surface area is 164 Å². The predicted molar refractivity (Wildman–Crippen MR) is 108 cm³/mol. The van der Waals surface area contributed by atoms with Crippen LogP contribution in [-0.4, -0.2) is 21.2 Å². The van der Waals surface area contributed by atoms with Crippen LogP contribution in [0.2, 0.25) is 5.02 Å². The summed E-state index contributed by atoms with van der Waals surface area (Å²) in [4.78, 5) is 39.3. The van der Waals surface area contributed by atoms with Crippen LogP contribution in [0.4, 0.5) is 5.82 Å². The number of rotatable bonds is 6. The van der Waals surface area contributed by atoms with Gasteiger partial charge in [-0.3, -0.25) is 19.1 Å². The van der Waals surface area contributed by atoms with Gasteiger partial charge in [0.1, 0.15) is 5.82 Å². The highest BCUT2D eigenvalue weighted by atomic mass is 35.5. The first-order chi connectivity index (χ1) is 13.0. The van der Waals surface area contributed by atoms with Gasteiger partial charge in [0.2, 0.25) is 5.91 Å². The van der Waals surface area contributed by atoms with E-state index < -0.39 is 11.2 Å². The zero-order chi connectivity index (χ0) is 19.2. The van der Waals surface area contributed by atoms with Gasteiger partial charge in [-0.1, -0.05) is 41.9 Å². The van der Waals surface area contributed by atoms with Gasteiger partial charge in [0.05, 0.1) is 12.3 Å². The van der Waals surface area contributed by atoms with E-state index in [1.165, 1.54) is 22.4 Å². The summed E-state index contributed by atoms with van der Waals surface area (Å²) in [5.74, 6) is -0.0235. The number of carbonyl (C=O) groups is 1. The number of anilines is 1. The van der Waals surface area contributed by atoms with Crippen LogP contribution >= 0.6 is 23.4 Å². The van der Waals surface area contributed by atoms with Crippen molar-refractivity contribution < 1.29 is 4.79 Å². The maximum Gasteiger partial charge on any atom is 0.330 e. The topological polar surface area (TPSA) is 84.0 Å². The summed E-state index contributed by atoms with van der Waals surface area (Å²) in [7, 11) is 0. The Morgan fingerprint density at radius 1 is 1.07 bits per heavy atom. The molecule has 0 radical (unpaired) electrons. The molecule has 2 aromatic carbocycles. The van der Waals surface area contributed by atoms with Gasteiger partial charge in [0.15, 0.2) is 0 Å². The summed E-state index contributed by atoms with van der Waals surface area (Å²) in [6, 6.07) is 17.6. The molecule has 6 nitrogen and oxygen atoms in total. The highest BCUT2D eigenvalue weighted by Gasteiger charge is 2.11. The van der Waals surface area contributed by atoms with Crippen molar-refractivity contribution in [2.45, 2.75) is 11.4 Å². The molecule has 1 amide bonds. The third-order valence-corrected chi connectivity index (χ3v) is 4.93. The van der Waals surface area contributed by atoms with Gasteiger partial charge in [0.25, 0.3) is 5.56 Å². The van der Waals surface area contributed by atoms with E-state index in [1.807, 2.05) is 42.5 Å². The van der Waals surface area contributed by atoms with Crippen molar-refractivity contribution in [3.63, 3.8) is 0 Å². The number of carbonyl (C=O) groups excluding carboxylic acids is 1. The minimum Gasteiger partial charge on any atom is -0.311 e. The molecule has 0 aliphatic rings. The van der Waals surface area contributed by atoms with E-state index in [1.54, 1.807) is 12.1 Å². The Hall–Kier alpha value is -2.77. The molecular formula is C19H16ClN3O3S. The molecule has 0 spiro atoms. The van der Waals surface area contributed by atoms with E-state index in [4.69, 9.17) is 11.6 Å². The van der Waals surface area contributed by atoms with Crippen LogP contribution < -0.4 is 16.6 Å². The molecule has 2 N–H and O–H groups in total. The van der Waals surface area contributed by atoms with Crippen LogP contribution in [0.1, 0.15) is 5.56 Å². The molecule has 0 fully saturated rings. The van der Waals surface area contributed by atoms with Crippen LogP contribution in [0.3, 0.4) is 0 Å². The largest absolute Gasteiger partial charge is 0.330 e. The van der Waals surface area contributed by atoms with Gasteiger partial charge >= 0.3 is 5.69 Å². The third-order valence-electron chi connectivity index (χ3n) is 3.67. The molecule has 1 heterocycles. The lowest BCUT2D eigenvalue weighted by Gasteiger charge is -2.13. The SMILES string of the molecule is O=C(CSc1ccc(Cl)cc1)Nc1cc(=O)[nH]c(=O)n1Cc1ccccc1. The van der Waals surface area contributed by atoms with Gasteiger partial charge < -0.3 is 5.32 Å². The van der Waals surface area contributed by atoms with E-state index in [2.05, 4.69) is 10.3 Å². The van der Waals surface area contributed by atoms with E-state index in [-0.39, 0.29) is 24.0 Å². The molecule has 3 aromatic rings. The predicted octanol–water partition coefficient (Wildman–Crippen LogP) is 2.97. The highest BCUT2D eigenvalue weighted by Crippen LogP contribution is 2.20. The van der Waals surface area contributed by atoms with Gasteiger partial charge in [-0.15, -0.1) is 11.8 Å². The van der Waals surface area contributed by atoms with Crippen LogP contribution in [-0.2, 0) is 11.3 Å². The smallest absolute Gasteiger partial charge is 0.311 e. The van der Waals surface area contributed by atoms with Crippen molar-refractivity contribution in [2.24, 2.45) is 0 Å². The number of benzene rings is 2. The minimum atomic E-state index is -0.577. The number of aromatic nitrogens is 2. The normalized spacial score (nSPS) is 10.6. The van der Waals surface area contributed by atoms with Crippen LogP contribution in [0.5, 0.6) is 0 Å². The van der Waals surface area contributed by atoms with Crippen molar-refractivity contribution in [3.05, 3.63) is 92.1 Å². The number of hydrogen-bond acceptors (Lipinski definition) is 4. The molecule has 1 aromatic heterocycles. The van der Waals surface area contributed by atoms with E-state index >= 15 is 0 Å². The summed E-state index contributed by atoms with van der Waals surface area (Å²) in [5, 5.41) is 3.27. The number of nitrogens with zero attached hydrogens (tertiary/aromatic N) is 1. The van der Waals surface area contributed by atoms with Crippen molar-refractivity contribution in [1.82, 2.24) is 9.55 Å². The molecule has 0 saturated carbocycles. The molecule has 0 bridgehead atoms. The quantitative estimate of drug-likeness (QED) is 0.622. The Morgan fingerprint density at radius 3 is 2.48 bits per heavy atom. The number of thioether (sulfide) groups is 1. The Morgan fingerprint density at radius 2 is 1.78 bits per heavy atom. The standard InChI is InChI=1S/C19H16ClN3O3S/c20-14-6-8-15(9-7-14)27-12-18(25)21-16-10-17(24)22-19(26)23(16)11-13-4-2-1-3-5-13/h1-10H,11-12H2,(H,21,25)(H,22,24,26). The number of aromatic amines is 1. The molecule has 138 valence electrons. The van der Waals surface area contributed by atoms with Gasteiger partial charge in [-0.05, 0) is 29.8 Å². The van der Waals surface area contributed by atoms with Crippen molar-refractivity contribution in [2.75, 3.05) is 11.1 Å². The number of hydrogen-bond donors (Lipinski definition) is 2. The molecule has 8 heteroatoms. The first-order valence-corrected chi connectivity index (χ1v) is 9.44. The number of amides is 1. The number of H-pyrrole nitrogens is 1. The van der Waals surface area contributed by atoms with Crippen molar-refractivity contribution in [1.29, 1.82) is 0 Å². The number of halogens is 1. The fourth-order valence-corrected chi connectivity index (χ4v) is 3.23. The molecular weight excluding hydrogens is 386 g/mol. The van der Waals surface area contributed by atoms with Gasteiger partial charge in [0, 0.05) is 16.0 Å². The minimum absolute atomic E-state index is 0.133. The van der Waals surface area contributed by atoms with Crippen molar-refractivity contribution in [3.8, 4) is 0 Å². The summed E-state index contributed by atoms with van der Waals surface area (Å²) < 4.78 is 1.32. The molecule has 0 unspecified atom stereocenters. The van der Waals surface area contributed by atoms with Crippen LogP contribution in [0, 0.1) is 0 Å². The van der Waals surface area contributed by atoms with Crippen LogP contribution in [0.25, 0.3) is 0 Å². The average molecular weight is 402 g/mol. The second kappa shape index (κ2) is 8.75. The molecule has 3 rings (SSSR count). The molecule has 0 aliphatic carbocycles. The Kier molecular flexibility index (Phi) is 6.16. The maximum absolute atomic E-state index is 12.3. The zero-order valence-electron chi connectivity index (χ0n) is 14.1. The maximum atomic E-state index is 12.3. The fourth-order valence-electron chi connectivity index (χ4n) is 2.41. The van der Waals surface area contributed by atoms with Gasteiger partial charge in [-0.25, -0.2) is 4.79 Å². The third kappa shape index (κ3) is 5.35. The summed E-state index contributed by atoms with van der Waals surface area (Å²) in [6.07, 6.45) is 0. The van der Waals surface area contributed by atoms with E-state index in [0.29, 0.717) is 5.02 Å². The summed E-state index contributed by atoms with van der Waals surface area (Å²) in [6.45, 7) is 0.233. The second-order valence-corrected chi connectivity index (χ2v) is 7.17. The summed E-state index contributed by atoms with van der Waals surface area (Å²) in [5.41, 5.74) is -0.269. The van der Waals surface area contributed by atoms with Crippen LogP contribution in [0.15, 0.2) is 75.1 Å². The molecule has 0 atom stereocenters. The number of nitrogens with one attached hydrogen (secondary N) is 2. The zero-order valence-corrected chi connectivity index (χ0v) is 15.7. The average Bonchev–Trinajstić information content (AvgIpc) is 2.65. The molecule has 0 aliphatic heterocycles. The fraction of sp³-hybridized carbons (Fsp3) is 0.105. The highest BCUT2D eigenvalue weighted by molar-refractivity contribution is 8.00.